The van der Waals surface area contributed by atoms with E-state index in [1.165, 1.54) is 32.1 Å². The van der Waals surface area contributed by atoms with Gasteiger partial charge in [-0.1, -0.05) is 19.3 Å². The summed E-state index contributed by atoms with van der Waals surface area (Å²) in [5.41, 5.74) is 9.18. The fourth-order valence-electron chi connectivity index (χ4n) is 3.59. The molecule has 0 bridgehead atoms. The number of hydrogen-bond acceptors (Lipinski definition) is 3. The topological polar surface area (TPSA) is 72.9 Å². The number of rotatable bonds is 3. The van der Waals surface area contributed by atoms with Crippen LogP contribution in [0, 0.1) is 13.8 Å². The Hall–Kier alpha value is -2.30. The smallest absolute Gasteiger partial charge is 0.257 e. The molecule has 1 fully saturated rings. The van der Waals surface area contributed by atoms with Crippen molar-refractivity contribution in [2.75, 3.05) is 11.1 Å². The van der Waals surface area contributed by atoms with Crippen molar-refractivity contribution >= 4 is 17.4 Å². The van der Waals surface area contributed by atoms with E-state index in [0.717, 1.165) is 17.0 Å². The third-order valence-electron chi connectivity index (χ3n) is 4.71. The van der Waals surface area contributed by atoms with Gasteiger partial charge in [-0.3, -0.25) is 4.79 Å². The molecule has 0 unspecified atom stereocenters. The molecule has 0 aromatic carbocycles. The van der Waals surface area contributed by atoms with E-state index in [4.69, 9.17) is 5.73 Å². The fraction of sp³-hybridized carbons (Fsp3) is 0.444. The van der Waals surface area contributed by atoms with E-state index >= 15 is 0 Å². The molecule has 3 N–H and O–H groups in total. The average Bonchev–Trinajstić information content (AvgIpc) is 2.85. The van der Waals surface area contributed by atoms with Crippen molar-refractivity contribution in [3.63, 3.8) is 0 Å². The van der Waals surface area contributed by atoms with E-state index in [2.05, 4.69) is 21.8 Å². The molecule has 2 aromatic heterocycles. The van der Waals surface area contributed by atoms with Gasteiger partial charge in [0.25, 0.3) is 5.91 Å². The molecule has 0 aliphatic heterocycles. The molecule has 1 aliphatic rings. The maximum absolute atomic E-state index is 12.6. The lowest BCUT2D eigenvalue weighted by Crippen LogP contribution is -2.17. The maximum atomic E-state index is 12.6. The molecule has 1 aliphatic carbocycles. The van der Waals surface area contributed by atoms with Gasteiger partial charge in [0.2, 0.25) is 0 Å². The van der Waals surface area contributed by atoms with E-state index in [1.807, 2.05) is 13.0 Å². The minimum Gasteiger partial charge on any atom is -0.384 e. The van der Waals surface area contributed by atoms with E-state index in [-0.39, 0.29) is 5.91 Å². The number of carbonyl (C=O) groups excluding carboxylic acids is 1. The first-order chi connectivity index (χ1) is 11.1. The molecule has 5 heteroatoms. The molecule has 2 heterocycles. The van der Waals surface area contributed by atoms with Crippen molar-refractivity contribution in [1.29, 1.82) is 0 Å². The van der Waals surface area contributed by atoms with Crippen LogP contribution in [-0.2, 0) is 0 Å². The molecular formula is C18H24N4O. The lowest BCUT2D eigenvalue weighted by Gasteiger charge is -2.26. The highest BCUT2D eigenvalue weighted by Gasteiger charge is 2.22. The highest BCUT2D eigenvalue weighted by atomic mass is 16.1. The summed E-state index contributed by atoms with van der Waals surface area (Å²) in [5.74, 6) is 0.352. The summed E-state index contributed by atoms with van der Waals surface area (Å²) in [6.07, 6.45) is 7.88. The molecule has 3 rings (SSSR count). The van der Waals surface area contributed by atoms with Gasteiger partial charge >= 0.3 is 0 Å². The summed E-state index contributed by atoms with van der Waals surface area (Å²) < 4.78 is 2.34. The van der Waals surface area contributed by atoms with Crippen molar-refractivity contribution in [3.05, 3.63) is 41.3 Å². The van der Waals surface area contributed by atoms with Gasteiger partial charge in [-0.15, -0.1) is 0 Å². The number of nitrogen functional groups attached to an aromatic ring is 1. The molecule has 0 atom stereocenters. The second-order valence-electron chi connectivity index (χ2n) is 6.37. The van der Waals surface area contributed by atoms with Crippen LogP contribution in [0.2, 0.25) is 0 Å². The second kappa shape index (κ2) is 6.44. The Morgan fingerprint density at radius 3 is 2.65 bits per heavy atom. The molecule has 122 valence electrons. The lowest BCUT2D eigenvalue weighted by molar-refractivity contribution is 0.102. The van der Waals surface area contributed by atoms with Gasteiger partial charge in [0.1, 0.15) is 5.82 Å². The molecule has 1 amide bonds. The summed E-state index contributed by atoms with van der Waals surface area (Å²) in [4.78, 5) is 16.6. The number of hydrogen-bond donors (Lipinski definition) is 2. The van der Waals surface area contributed by atoms with E-state index in [1.54, 1.807) is 18.3 Å². The minimum atomic E-state index is -0.0910. The number of carbonyl (C=O) groups is 1. The van der Waals surface area contributed by atoms with Crippen LogP contribution < -0.4 is 11.1 Å². The van der Waals surface area contributed by atoms with Gasteiger partial charge < -0.3 is 15.6 Å². The van der Waals surface area contributed by atoms with Gasteiger partial charge in [-0.05, 0) is 44.9 Å². The maximum Gasteiger partial charge on any atom is 0.257 e. The molecule has 23 heavy (non-hydrogen) atoms. The van der Waals surface area contributed by atoms with Crippen molar-refractivity contribution in [3.8, 4) is 0 Å². The van der Waals surface area contributed by atoms with Crippen LogP contribution in [0.15, 0.2) is 24.4 Å². The molecule has 2 aromatic rings. The Kier molecular flexibility index (Phi) is 4.37. The van der Waals surface area contributed by atoms with E-state index in [0.29, 0.717) is 17.5 Å². The van der Waals surface area contributed by atoms with Gasteiger partial charge in [0, 0.05) is 17.4 Å². The molecule has 0 radical (unpaired) electrons. The largest absolute Gasteiger partial charge is 0.384 e. The number of aryl methyl sites for hydroxylation is 1. The van der Waals surface area contributed by atoms with Gasteiger partial charge in [-0.2, -0.15) is 0 Å². The SMILES string of the molecule is Cc1cc(C(=O)Nc2ccc(N)nc2)c(C)n1C1CCCCC1. The first-order valence-corrected chi connectivity index (χ1v) is 8.27. The van der Waals surface area contributed by atoms with Crippen LogP contribution in [-0.4, -0.2) is 15.5 Å². The quantitative estimate of drug-likeness (QED) is 0.904. The summed E-state index contributed by atoms with van der Waals surface area (Å²) >= 11 is 0. The average molecular weight is 312 g/mol. The third kappa shape index (κ3) is 3.23. The first-order valence-electron chi connectivity index (χ1n) is 8.27. The highest BCUT2D eigenvalue weighted by molar-refractivity contribution is 6.05. The minimum absolute atomic E-state index is 0.0910. The van der Waals surface area contributed by atoms with Crippen LogP contribution in [0.4, 0.5) is 11.5 Å². The molecule has 1 saturated carbocycles. The monoisotopic (exact) mass is 312 g/mol. The number of pyridine rings is 1. The zero-order chi connectivity index (χ0) is 16.4. The standard InChI is InChI=1S/C18H24N4O/c1-12-10-16(13(2)22(12)15-6-4-3-5-7-15)18(23)21-14-8-9-17(19)20-11-14/h8-11,15H,3-7H2,1-2H3,(H2,19,20)(H,21,23). The molecule has 5 nitrogen and oxygen atoms in total. The summed E-state index contributed by atoms with van der Waals surface area (Å²) in [5, 5.41) is 2.90. The van der Waals surface area contributed by atoms with Crippen LogP contribution in [0.1, 0.15) is 59.9 Å². The lowest BCUT2D eigenvalue weighted by atomic mass is 9.95. The van der Waals surface area contributed by atoms with Gasteiger partial charge in [0.05, 0.1) is 17.4 Å². The summed E-state index contributed by atoms with van der Waals surface area (Å²) in [7, 11) is 0. The predicted octanol–water partition coefficient (Wildman–Crippen LogP) is 3.84. The zero-order valence-corrected chi connectivity index (χ0v) is 13.8. The molecular weight excluding hydrogens is 288 g/mol. The molecule has 0 spiro atoms. The van der Waals surface area contributed by atoms with E-state index < -0.39 is 0 Å². The Bertz CT molecular complexity index is 697. The number of nitrogens with one attached hydrogen (secondary N) is 1. The highest BCUT2D eigenvalue weighted by Crippen LogP contribution is 2.32. The van der Waals surface area contributed by atoms with Crippen LogP contribution in [0.25, 0.3) is 0 Å². The Balaban J connectivity index is 1.82. The fourth-order valence-corrected chi connectivity index (χ4v) is 3.59. The van der Waals surface area contributed by atoms with Crippen molar-refractivity contribution in [2.45, 2.75) is 52.0 Å². The van der Waals surface area contributed by atoms with Crippen molar-refractivity contribution < 1.29 is 4.79 Å². The normalized spacial score (nSPS) is 15.6. The number of amides is 1. The second-order valence-corrected chi connectivity index (χ2v) is 6.37. The zero-order valence-electron chi connectivity index (χ0n) is 13.8. The number of aromatic nitrogens is 2. The van der Waals surface area contributed by atoms with Gasteiger partial charge in [0.15, 0.2) is 0 Å². The van der Waals surface area contributed by atoms with Crippen molar-refractivity contribution in [1.82, 2.24) is 9.55 Å². The Morgan fingerprint density at radius 1 is 1.26 bits per heavy atom. The Labute approximate surface area is 136 Å². The molecule has 0 saturated heterocycles. The van der Waals surface area contributed by atoms with Gasteiger partial charge in [-0.25, -0.2) is 4.98 Å². The van der Waals surface area contributed by atoms with Crippen LogP contribution >= 0.6 is 0 Å². The number of nitrogens with zero attached hydrogens (tertiary/aromatic N) is 2. The number of anilines is 2. The predicted molar refractivity (Wildman–Crippen MR) is 92.6 cm³/mol. The Morgan fingerprint density at radius 2 is 2.00 bits per heavy atom. The van der Waals surface area contributed by atoms with Crippen LogP contribution in [0.5, 0.6) is 0 Å². The summed E-state index contributed by atoms with van der Waals surface area (Å²) in [6, 6.07) is 5.97. The third-order valence-corrected chi connectivity index (χ3v) is 4.71. The van der Waals surface area contributed by atoms with Crippen molar-refractivity contribution in [2.24, 2.45) is 0 Å². The summed E-state index contributed by atoms with van der Waals surface area (Å²) in [6.45, 7) is 4.13. The first kappa shape index (κ1) is 15.6. The van der Waals surface area contributed by atoms with Crippen LogP contribution in [0.3, 0.4) is 0 Å². The van der Waals surface area contributed by atoms with E-state index in [9.17, 15) is 4.79 Å². The number of nitrogens with two attached hydrogens (primary N) is 1.